The first-order chi connectivity index (χ1) is 6.63. The topological polar surface area (TPSA) is 57.5 Å². The number of rotatable bonds is 4. The monoisotopic (exact) mass is 200 g/mol. The van der Waals surface area contributed by atoms with Crippen molar-refractivity contribution in [3.05, 3.63) is 0 Å². The Morgan fingerprint density at radius 1 is 1.43 bits per heavy atom. The van der Waals surface area contributed by atoms with E-state index in [1.807, 2.05) is 0 Å². The standard InChI is InChI=1S/C11H20O3/c1-2-8-4-3-5-9(6-8)7-10(12)11(13)14/h8-10,12H,2-7H2,1H3,(H,13,14). The Morgan fingerprint density at radius 2 is 2.07 bits per heavy atom. The highest BCUT2D eigenvalue weighted by molar-refractivity contribution is 5.71. The number of aliphatic carboxylic acids is 1. The van der Waals surface area contributed by atoms with E-state index in [1.54, 1.807) is 0 Å². The molecule has 3 heteroatoms. The fourth-order valence-electron chi connectivity index (χ4n) is 2.40. The van der Waals surface area contributed by atoms with Gasteiger partial charge in [0.2, 0.25) is 0 Å². The molecule has 82 valence electrons. The Kier molecular flexibility index (Phi) is 4.39. The molecule has 0 spiro atoms. The van der Waals surface area contributed by atoms with E-state index in [0.717, 1.165) is 18.8 Å². The highest BCUT2D eigenvalue weighted by Gasteiger charge is 2.25. The van der Waals surface area contributed by atoms with Gasteiger partial charge in [0.25, 0.3) is 0 Å². The van der Waals surface area contributed by atoms with Crippen molar-refractivity contribution in [1.29, 1.82) is 0 Å². The molecular weight excluding hydrogens is 180 g/mol. The van der Waals surface area contributed by atoms with Gasteiger partial charge in [-0.15, -0.1) is 0 Å². The molecule has 0 radical (unpaired) electrons. The Labute approximate surface area is 85.1 Å². The van der Waals surface area contributed by atoms with Gasteiger partial charge in [0.05, 0.1) is 0 Å². The van der Waals surface area contributed by atoms with Crippen LogP contribution in [0.3, 0.4) is 0 Å². The molecule has 0 aromatic carbocycles. The lowest BCUT2D eigenvalue weighted by Gasteiger charge is -2.28. The minimum Gasteiger partial charge on any atom is -0.479 e. The van der Waals surface area contributed by atoms with Crippen LogP contribution >= 0.6 is 0 Å². The summed E-state index contributed by atoms with van der Waals surface area (Å²) >= 11 is 0. The maximum absolute atomic E-state index is 10.5. The van der Waals surface area contributed by atoms with Gasteiger partial charge >= 0.3 is 5.97 Å². The number of carboxylic acid groups (broad SMARTS) is 1. The molecule has 1 rings (SSSR count). The van der Waals surface area contributed by atoms with Crippen molar-refractivity contribution in [2.75, 3.05) is 0 Å². The van der Waals surface area contributed by atoms with Crippen LogP contribution in [-0.4, -0.2) is 22.3 Å². The molecule has 3 atom stereocenters. The number of carbonyl (C=O) groups is 1. The van der Waals surface area contributed by atoms with E-state index < -0.39 is 12.1 Å². The SMILES string of the molecule is CCC1CCCC(CC(O)C(=O)O)C1. The second kappa shape index (κ2) is 5.35. The summed E-state index contributed by atoms with van der Waals surface area (Å²) in [7, 11) is 0. The molecule has 0 amide bonds. The van der Waals surface area contributed by atoms with Crippen molar-refractivity contribution in [2.45, 2.75) is 51.6 Å². The predicted octanol–water partition coefficient (Wildman–Crippen LogP) is 2.04. The van der Waals surface area contributed by atoms with Crippen LogP contribution in [0.25, 0.3) is 0 Å². The summed E-state index contributed by atoms with van der Waals surface area (Å²) in [6.07, 6.45) is 5.11. The first kappa shape index (κ1) is 11.5. The molecule has 0 aliphatic heterocycles. The minimum atomic E-state index is -1.16. The largest absolute Gasteiger partial charge is 0.479 e. The quantitative estimate of drug-likeness (QED) is 0.730. The van der Waals surface area contributed by atoms with Gasteiger partial charge in [0.1, 0.15) is 0 Å². The molecule has 14 heavy (non-hydrogen) atoms. The van der Waals surface area contributed by atoms with Crippen LogP contribution in [0, 0.1) is 11.8 Å². The number of carboxylic acids is 1. The molecule has 2 N–H and O–H groups in total. The summed E-state index contributed by atoms with van der Waals surface area (Å²) in [6.45, 7) is 2.18. The van der Waals surface area contributed by atoms with Gasteiger partial charge < -0.3 is 10.2 Å². The summed E-state index contributed by atoms with van der Waals surface area (Å²) in [5.74, 6) is 0.0816. The third-order valence-electron chi connectivity index (χ3n) is 3.31. The number of aliphatic hydroxyl groups is 1. The average Bonchev–Trinajstić information content (AvgIpc) is 2.18. The van der Waals surface area contributed by atoms with Crippen molar-refractivity contribution in [3.63, 3.8) is 0 Å². The van der Waals surface area contributed by atoms with E-state index in [2.05, 4.69) is 6.92 Å². The molecule has 0 saturated heterocycles. The molecule has 0 aromatic rings. The lowest BCUT2D eigenvalue weighted by Crippen LogP contribution is -2.26. The first-order valence-electron chi connectivity index (χ1n) is 5.54. The van der Waals surface area contributed by atoms with Crippen LogP contribution in [-0.2, 0) is 4.79 Å². The summed E-state index contributed by atoms with van der Waals surface area (Å²) in [5.41, 5.74) is 0. The molecule has 1 fully saturated rings. The van der Waals surface area contributed by atoms with Crippen molar-refractivity contribution in [3.8, 4) is 0 Å². The Hall–Kier alpha value is -0.570. The van der Waals surface area contributed by atoms with Gasteiger partial charge in [-0.1, -0.05) is 32.6 Å². The molecular formula is C11H20O3. The van der Waals surface area contributed by atoms with Crippen LogP contribution in [0.15, 0.2) is 0 Å². The summed E-state index contributed by atoms with van der Waals surface area (Å²) < 4.78 is 0. The molecule has 0 heterocycles. The van der Waals surface area contributed by atoms with Crippen LogP contribution in [0.5, 0.6) is 0 Å². The Bertz CT molecular complexity index is 191. The molecule has 1 saturated carbocycles. The molecule has 1 aliphatic rings. The summed E-state index contributed by atoms with van der Waals surface area (Å²) in [4.78, 5) is 10.5. The average molecular weight is 200 g/mol. The van der Waals surface area contributed by atoms with E-state index in [4.69, 9.17) is 5.11 Å². The zero-order valence-corrected chi connectivity index (χ0v) is 8.78. The second-order valence-corrected chi connectivity index (χ2v) is 4.40. The number of hydrogen-bond donors (Lipinski definition) is 2. The number of aliphatic hydroxyl groups excluding tert-OH is 1. The minimum absolute atomic E-state index is 0.416. The fraction of sp³-hybridized carbons (Fsp3) is 0.909. The van der Waals surface area contributed by atoms with Crippen molar-refractivity contribution in [2.24, 2.45) is 11.8 Å². The Morgan fingerprint density at radius 3 is 2.64 bits per heavy atom. The lowest BCUT2D eigenvalue weighted by molar-refractivity contribution is -0.147. The van der Waals surface area contributed by atoms with Crippen LogP contribution in [0.4, 0.5) is 0 Å². The second-order valence-electron chi connectivity index (χ2n) is 4.40. The van der Waals surface area contributed by atoms with Gasteiger partial charge in [-0.3, -0.25) is 0 Å². The molecule has 3 unspecified atom stereocenters. The van der Waals surface area contributed by atoms with E-state index in [1.165, 1.54) is 19.3 Å². The fourth-order valence-corrected chi connectivity index (χ4v) is 2.40. The lowest BCUT2D eigenvalue weighted by atomic mass is 9.78. The van der Waals surface area contributed by atoms with Crippen molar-refractivity contribution < 1.29 is 15.0 Å². The van der Waals surface area contributed by atoms with Crippen LogP contribution in [0.2, 0.25) is 0 Å². The summed E-state index contributed by atoms with van der Waals surface area (Å²) in [5, 5.41) is 17.8. The third-order valence-corrected chi connectivity index (χ3v) is 3.31. The Balaban J connectivity index is 2.33. The zero-order valence-electron chi connectivity index (χ0n) is 8.78. The first-order valence-corrected chi connectivity index (χ1v) is 5.54. The molecule has 3 nitrogen and oxygen atoms in total. The number of hydrogen-bond acceptors (Lipinski definition) is 2. The van der Waals surface area contributed by atoms with Gasteiger partial charge in [-0.25, -0.2) is 4.79 Å². The van der Waals surface area contributed by atoms with Crippen molar-refractivity contribution in [1.82, 2.24) is 0 Å². The van der Waals surface area contributed by atoms with Crippen molar-refractivity contribution >= 4 is 5.97 Å². The molecule has 1 aliphatic carbocycles. The maximum atomic E-state index is 10.5. The van der Waals surface area contributed by atoms with E-state index in [-0.39, 0.29) is 0 Å². The van der Waals surface area contributed by atoms with Gasteiger partial charge in [0, 0.05) is 0 Å². The highest BCUT2D eigenvalue weighted by Crippen LogP contribution is 2.33. The molecule has 0 bridgehead atoms. The van der Waals surface area contributed by atoms with E-state index >= 15 is 0 Å². The molecule has 0 aromatic heterocycles. The van der Waals surface area contributed by atoms with Crippen LogP contribution in [0.1, 0.15) is 45.4 Å². The maximum Gasteiger partial charge on any atom is 0.332 e. The summed E-state index contributed by atoms with van der Waals surface area (Å²) in [6, 6.07) is 0. The van der Waals surface area contributed by atoms with Gasteiger partial charge in [0.15, 0.2) is 6.10 Å². The van der Waals surface area contributed by atoms with Gasteiger partial charge in [-0.2, -0.15) is 0 Å². The van der Waals surface area contributed by atoms with Gasteiger partial charge in [-0.05, 0) is 24.7 Å². The van der Waals surface area contributed by atoms with E-state index in [0.29, 0.717) is 12.3 Å². The highest BCUT2D eigenvalue weighted by atomic mass is 16.4. The smallest absolute Gasteiger partial charge is 0.332 e. The normalized spacial score (nSPS) is 29.9. The predicted molar refractivity (Wildman–Crippen MR) is 54.0 cm³/mol. The van der Waals surface area contributed by atoms with E-state index in [9.17, 15) is 9.90 Å². The third kappa shape index (κ3) is 3.29. The van der Waals surface area contributed by atoms with Crippen LogP contribution < -0.4 is 0 Å². The zero-order chi connectivity index (χ0) is 10.6.